The van der Waals surface area contributed by atoms with Gasteiger partial charge < -0.3 is 5.11 Å². The quantitative estimate of drug-likeness (QED) is 0.773. The summed E-state index contributed by atoms with van der Waals surface area (Å²) in [6.45, 7) is 10.6. The maximum atomic E-state index is 10.2. The van der Waals surface area contributed by atoms with Gasteiger partial charge in [-0.05, 0) is 41.5 Å². The zero-order valence-corrected chi connectivity index (χ0v) is 10.4. The Hall–Kier alpha value is -0.980. The van der Waals surface area contributed by atoms with Crippen molar-refractivity contribution in [1.82, 2.24) is 0 Å². The van der Waals surface area contributed by atoms with Crippen LogP contribution in [0.15, 0.2) is 12.1 Å². The van der Waals surface area contributed by atoms with Crippen LogP contribution >= 0.6 is 0 Å². The predicted octanol–water partition coefficient (Wildman–Crippen LogP) is 4.00. The van der Waals surface area contributed by atoms with Gasteiger partial charge in [0.1, 0.15) is 5.75 Å². The number of rotatable bonds is 2. The van der Waals surface area contributed by atoms with E-state index in [2.05, 4.69) is 40.7 Å². The van der Waals surface area contributed by atoms with E-state index in [1.165, 1.54) is 0 Å². The smallest absolute Gasteiger partial charge is 0.122 e. The van der Waals surface area contributed by atoms with E-state index < -0.39 is 0 Å². The predicted molar refractivity (Wildman–Crippen MR) is 64.3 cm³/mol. The third-order valence-corrected chi connectivity index (χ3v) is 2.95. The lowest BCUT2D eigenvalue weighted by molar-refractivity contribution is 0.435. The minimum Gasteiger partial charge on any atom is -0.507 e. The summed E-state index contributed by atoms with van der Waals surface area (Å²) >= 11 is 0. The second kappa shape index (κ2) is 4.26. The average Bonchev–Trinajstić information content (AvgIpc) is 2.15. The van der Waals surface area contributed by atoms with Gasteiger partial charge in [-0.25, -0.2) is 0 Å². The molecule has 0 saturated carbocycles. The van der Waals surface area contributed by atoms with E-state index in [0.717, 1.165) is 17.5 Å². The van der Waals surface area contributed by atoms with E-state index in [9.17, 15) is 5.11 Å². The molecule has 1 aromatic carbocycles. The summed E-state index contributed by atoms with van der Waals surface area (Å²) in [6, 6.07) is 6.92. The van der Waals surface area contributed by atoms with Gasteiger partial charge in [0, 0.05) is 5.56 Å². The first-order valence-corrected chi connectivity index (χ1v) is 5.61. The largest absolute Gasteiger partial charge is 0.507 e. The Labute approximate surface area is 93.1 Å². The van der Waals surface area contributed by atoms with Crippen molar-refractivity contribution in [3.63, 3.8) is 0 Å². The van der Waals surface area contributed by atoms with E-state index in [-0.39, 0.29) is 5.41 Å². The van der Waals surface area contributed by atoms with Gasteiger partial charge in [0.2, 0.25) is 0 Å². The molecule has 1 heteroatoms. The summed E-state index contributed by atoms with van der Waals surface area (Å²) in [5.74, 6) is 0.846. The third kappa shape index (κ3) is 2.53. The van der Waals surface area contributed by atoms with Crippen molar-refractivity contribution < 1.29 is 5.11 Å². The number of aromatic hydroxyl groups is 1. The Bertz CT molecular complexity index is 334. The summed E-state index contributed by atoms with van der Waals surface area (Å²) in [4.78, 5) is 0. The van der Waals surface area contributed by atoms with Crippen molar-refractivity contribution in [1.29, 1.82) is 0 Å². The standard InChI is InChI=1S/C14H21O/c1-6-10(2)11-8-7-9-12(13(11)15)14(3,4)5/h8-10,15H,6H2,1-5H3. The summed E-state index contributed by atoms with van der Waals surface area (Å²) in [7, 11) is 0. The first-order chi connectivity index (χ1) is 6.88. The van der Waals surface area contributed by atoms with E-state index in [1.54, 1.807) is 0 Å². The molecular formula is C14H21O. The molecule has 1 atom stereocenters. The minimum atomic E-state index is -0.0238. The Morgan fingerprint density at radius 1 is 1.33 bits per heavy atom. The number of phenols is 1. The normalized spacial score (nSPS) is 13.9. The van der Waals surface area contributed by atoms with Crippen LogP contribution in [0.25, 0.3) is 0 Å². The summed E-state index contributed by atoms with van der Waals surface area (Å²) in [5.41, 5.74) is 1.98. The van der Waals surface area contributed by atoms with Gasteiger partial charge >= 0.3 is 0 Å². The highest BCUT2D eigenvalue weighted by atomic mass is 16.3. The SMILES string of the molecule is CCC(C)c1c[c]cc(C(C)(C)C)c1O. The zero-order chi connectivity index (χ0) is 11.6. The molecule has 1 radical (unpaired) electrons. The minimum absolute atomic E-state index is 0.0238. The molecule has 0 fully saturated rings. The van der Waals surface area contributed by atoms with Crippen LogP contribution in [0.4, 0.5) is 0 Å². The van der Waals surface area contributed by atoms with E-state index >= 15 is 0 Å². The number of benzene rings is 1. The van der Waals surface area contributed by atoms with Gasteiger partial charge in [0.15, 0.2) is 0 Å². The second-order valence-corrected chi connectivity index (χ2v) is 5.23. The van der Waals surface area contributed by atoms with Crippen LogP contribution in [-0.2, 0) is 5.41 Å². The Balaban J connectivity index is 3.23. The highest BCUT2D eigenvalue weighted by molar-refractivity contribution is 5.45. The molecule has 83 valence electrons. The molecule has 15 heavy (non-hydrogen) atoms. The first kappa shape index (κ1) is 12.1. The summed E-state index contributed by atoms with van der Waals surface area (Å²) < 4.78 is 0. The third-order valence-electron chi connectivity index (χ3n) is 2.95. The first-order valence-electron chi connectivity index (χ1n) is 5.61. The van der Waals surface area contributed by atoms with E-state index in [4.69, 9.17) is 0 Å². The number of phenolic OH excluding ortho intramolecular Hbond substituents is 1. The molecular weight excluding hydrogens is 184 g/mol. The van der Waals surface area contributed by atoms with Crippen LogP contribution in [0.1, 0.15) is 58.1 Å². The molecule has 0 aliphatic rings. The maximum Gasteiger partial charge on any atom is 0.122 e. The van der Waals surface area contributed by atoms with Crippen molar-refractivity contribution >= 4 is 0 Å². The molecule has 0 heterocycles. The van der Waals surface area contributed by atoms with E-state index in [0.29, 0.717) is 11.7 Å². The molecule has 0 aliphatic heterocycles. The summed E-state index contributed by atoms with van der Waals surface area (Å²) in [6.07, 6.45) is 1.04. The van der Waals surface area contributed by atoms with Gasteiger partial charge in [-0.3, -0.25) is 0 Å². The number of hydrogen-bond acceptors (Lipinski definition) is 1. The lowest BCUT2D eigenvalue weighted by atomic mass is 9.83. The topological polar surface area (TPSA) is 20.2 Å². The van der Waals surface area contributed by atoms with Crippen LogP contribution in [0.2, 0.25) is 0 Å². The van der Waals surface area contributed by atoms with Crippen LogP contribution in [0, 0.1) is 6.07 Å². The molecule has 0 spiro atoms. The Morgan fingerprint density at radius 2 is 1.93 bits per heavy atom. The van der Waals surface area contributed by atoms with Crippen LogP contribution in [0.5, 0.6) is 5.75 Å². The van der Waals surface area contributed by atoms with Gasteiger partial charge in [-0.2, -0.15) is 0 Å². The van der Waals surface area contributed by atoms with Crippen molar-refractivity contribution in [2.75, 3.05) is 0 Å². The van der Waals surface area contributed by atoms with Crippen molar-refractivity contribution in [2.45, 2.75) is 52.4 Å². The lowest BCUT2D eigenvalue weighted by Crippen LogP contribution is -2.12. The van der Waals surface area contributed by atoms with Gasteiger partial charge in [0.25, 0.3) is 0 Å². The fourth-order valence-corrected chi connectivity index (χ4v) is 1.67. The van der Waals surface area contributed by atoms with Gasteiger partial charge in [0.05, 0.1) is 0 Å². The highest BCUT2D eigenvalue weighted by Gasteiger charge is 2.21. The molecule has 0 bridgehead atoms. The van der Waals surface area contributed by atoms with E-state index in [1.807, 2.05) is 12.1 Å². The molecule has 0 aliphatic carbocycles. The summed E-state index contributed by atoms with van der Waals surface area (Å²) in [5, 5.41) is 10.2. The molecule has 1 N–H and O–H groups in total. The molecule has 1 rings (SSSR count). The Morgan fingerprint density at radius 3 is 2.40 bits per heavy atom. The fraction of sp³-hybridized carbons (Fsp3) is 0.571. The zero-order valence-electron chi connectivity index (χ0n) is 10.4. The Kier molecular flexibility index (Phi) is 3.43. The van der Waals surface area contributed by atoms with Gasteiger partial charge in [-0.1, -0.05) is 34.6 Å². The van der Waals surface area contributed by atoms with Crippen LogP contribution in [0.3, 0.4) is 0 Å². The second-order valence-electron chi connectivity index (χ2n) is 5.23. The number of hydrogen-bond donors (Lipinski definition) is 1. The van der Waals surface area contributed by atoms with Gasteiger partial charge in [-0.15, -0.1) is 0 Å². The maximum absolute atomic E-state index is 10.2. The van der Waals surface area contributed by atoms with Crippen LogP contribution < -0.4 is 0 Å². The van der Waals surface area contributed by atoms with Crippen molar-refractivity contribution in [3.8, 4) is 5.75 Å². The van der Waals surface area contributed by atoms with Crippen molar-refractivity contribution in [3.05, 3.63) is 29.3 Å². The highest BCUT2D eigenvalue weighted by Crippen LogP contribution is 2.36. The molecule has 1 unspecified atom stereocenters. The lowest BCUT2D eigenvalue weighted by Gasteiger charge is -2.23. The van der Waals surface area contributed by atoms with Crippen molar-refractivity contribution in [2.24, 2.45) is 0 Å². The monoisotopic (exact) mass is 205 g/mol. The molecule has 0 saturated heterocycles. The molecule has 1 nitrogen and oxygen atoms in total. The molecule has 0 amide bonds. The fourth-order valence-electron chi connectivity index (χ4n) is 1.67. The van der Waals surface area contributed by atoms with Crippen LogP contribution in [-0.4, -0.2) is 5.11 Å². The molecule has 1 aromatic rings. The molecule has 0 aromatic heterocycles. The average molecular weight is 205 g/mol.